The maximum Gasteiger partial charge on any atom is 0.326 e. The lowest BCUT2D eigenvalue weighted by Crippen LogP contribution is -2.45. The maximum absolute atomic E-state index is 11.3. The number of carboxylic acid groups (broad SMARTS) is 1. The Morgan fingerprint density at radius 3 is 2.94 bits per heavy atom. The fourth-order valence-electron chi connectivity index (χ4n) is 2.32. The van der Waals surface area contributed by atoms with Gasteiger partial charge in [0.15, 0.2) is 0 Å². The van der Waals surface area contributed by atoms with Crippen LogP contribution in [0.15, 0.2) is 22.7 Å². The van der Waals surface area contributed by atoms with Gasteiger partial charge in [0.1, 0.15) is 12.1 Å². The Labute approximate surface area is 114 Å². The quantitative estimate of drug-likeness (QED) is 0.912. The van der Waals surface area contributed by atoms with Gasteiger partial charge in [0, 0.05) is 11.0 Å². The van der Waals surface area contributed by atoms with Gasteiger partial charge < -0.3 is 10.0 Å². The minimum Gasteiger partial charge on any atom is -0.480 e. The van der Waals surface area contributed by atoms with E-state index >= 15 is 0 Å². The van der Waals surface area contributed by atoms with Gasteiger partial charge in [0.25, 0.3) is 0 Å². The maximum atomic E-state index is 11.3. The summed E-state index contributed by atoms with van der Waals surface area (Å²) in [7, 11) is 0. The van der Waals surface area contributed by atoms with Crippen LogP contribution in [-0.4, -0.2) is 23.7 Å². The first-order chi connectivity index (χ1) is 8.63. The molecule has 18 heavy (non-hydrogen) atoms. The molecule has 0 bridgehead atoms. The molecule has 1 aromatic rings. The van der Waals surface area contributed by atoms with Crippen LogP contribution in [-0.2, 0) is 4.79 Å². The van der Waals surface area contributed by atoms with E-state index in [1.165, 1.54) is 0 Å². The summed E-state index contributed by atoms with van der Waals surface area (Å²) in [5, 5.41) is 18.4. The topological polar surface area (TPSA) is 64.3 Å². The summed E-state index contributed by atoms with van der Waals surface area (Å²) >= 11 is 3.32. The number of nitrogens with zero attached hydrogens (tertiary/aromatic N) is 2. The van der Waals surface area contributed by atoms with E-state index in [1.807, 2.05) is 17.0 Å². The second-order valence-electron chi connectivity index (χ2n) is 4.32. The molecule has 4 nitrogen and oxygen atoms in total. The third-order valence-corrected chi connectivity index (χ3v) is 3.67. The number of hydrogen-bond acceptors (Lipinski definition) is 3. The van der Waals surface area contributed by atoms with Gasteiger partial charge >= 0.3 is 5.97 Å². The zero-order chi connectivity index (χ0) is 13.1. The minimum absolute atomic E-state index is 0.512. The highest BCUT2D eigenvalue weighted by molar-refractivity contribution is 9.10. The molecule has 1 unspecified atom stereocenters. The van der Waals surface area contributed by atoms with Gasteiger partial charge in [-0.1, -0.05) is 15.9 Å². The number of aliphatic carboxylic acids is 1. The van der Waals surface area contributed by atoms with Crippen LogP contribution >= 0.6 is 15.9 Å². The molecule has 1 heterocycles. The van der Waals surface area contributed by atoms with Gasteiger partial charge in [0.05, 0.1) is 11.3 Å². The Bertz CT molecular complexity index is 510. The molecule has 1 aliphatic heterocycles. The Kier molecular flexibility index (Phi) is 3.87. The van der Waals surface area contributed by atoms with Gasteiger partial charge in [-0.05, 0) is 37.5 Å². The van der Waals surface area contributed by atoms with Gasteiger partial charge in [-0.3, -0.25) is 0 Å². The number of carboxylic acids is 1. The summed E-state index contributed by atoms with van der Waals surface area (Å²) in [6.45, 7) is 0.688. The highest BCUT2D eigenvalue weighted by Crippen LogP contribution is 2.29. The van der Waals surface area contributed by atoms with Crippen molar-refractivity contribution in [2.45, 2.75) is 25.3 Å². The van der Waals surface area contributed by atoms with Crippen molar-refractivity contribution in [2.75, 3.05) is 11.4 Å². The van der Waals surface area contributed by atoms with Crippen molar-refractivity contribution in [3.05, 3.63) is 28.2 Å². The first-order valence-electron chi connectivity index (χ1n) is 5.82. The number of nitriles is 1. The molecular weight excluding hydrogens is 296 g/mol. The standard InChI is InChI=1S/C13H13BrN2O2/c14-10-4-5-11(9(7-10)8-15)16-6-2-1-3-12(16)13(17)18/h4-5,7,12H,1-3,6H2,(H,17,18). The van der Waals surface area contributed by atoms with Crippen molar-refractivity contribution < 1.29 is 9.90 Å². The van der Waals surface area contributed by atoms with Crippen molar-refractivity contribution >= 4 is 27.6 Å². The number of rotatable bonds is 2. The average Bonchev–Trinajstić information content (AvgIpc) is 2.38. The van der Waals surface area contributed by atoms with Crippen LogP contribution < -0.4 is 4.90 Å². The van der Waals surface area contributed by atoms with E-state index in [1.54, 1.807) is 6.07 Å². The Morgan fingerprint density at radius 1 is 1.50 bits per heavy atom. The summed E-state index contributed by atoms with van der Waals surface area (Å²) in [5.74, 6) is -0.818. The second kappa shape index (κ2) is 5.40. The van der Waals surface area contributed by atoms with E-state index in [9.17, 15) is 9.90 Å². The molecule has 94 valence electrons. The van der Waals surface area contributed by atoms with Crippen LogP contribution in [0.2, 0.25) is 0 Å². The van der Waals surface area contributed by atoms with Gasteiger partial charge in [0.2, 0.25) is 0 Å². The highest BCUT2D eigenvalue weighted by Gasteiger charge is 2.29. The fourth-order valence-corrected chi connectivity index (χ4v) is 2.69. The normalized spacial score (nSPS) is 19.3. The minimum atomic E-state index is -0.818. The van der Waals surface area contributed by atoms with Crippen LogP contribution in [0.3, 0.4) is 0 Å². The molecule has 1 saturated heterocycles. The summed E-state index contributed by atoms with van der Waals surface area (Å²) in [6.07, 6.45) is 2.52. The predicted molar refractivity (Wildman–Crippen MR) is 71.5 cm³/mol. The molecule has 1 N–H and O–H groups in total. The Balaban J connectivity index is 2.40. The van der Waals surface area contributed by atoms with Gasteiger partial charge in [-0.15, -0.1) is 0 Å². The third-order valence-electron chi connectivity index (χ3n) is 3.18. The molecule has 1 atom stereocenters. The fraction of sp³-hybridized carbons (Fsp3) is 0.385. The van der Waals surface area contributed by atoms with Crippen molar-refractivity contribution in [1.82, 2.24) is 0 Å². The molecule has 0 saturated carbocycles. The summed E-state index contributed by atoms with van der Waals surface area (Å²) in [4.78, 5) is 13.1. The highest BCUT2D eigenvalue weighted by atomic mass is 79.9. The van der Waals surface area contributed by atoms with E-state index in [0.717, 1.165) is 17.3 Å². The number of carbonyl (C=O) groups is 1. The lowest BCUT2D eigenvalue weighted by molar-refractivity contribution is -0.139. The Morgan fingerprint density at radius 2 is 2.28 bits per heavy atom. The number of benzene rings is 1. The molecule has 5 heteroatoms. The molecule has 0 aliphatic carbocycles. The Hall–Kier alpha value is -1.54. The average molecular weight is 309 g/mol. The van der Waals surface area contributed by atoms with Crippen LogP contribution in [0.25, 0.3) is 0 Å². The van der Waals surface area contributed by atoms with E-state index in [0.29, 0.717) is 24.2 Å². The molecule has 0 amide bonds. The largest absolute Gasteiger partial charge is 0.480 e. The molecule has 0 spiro atoms. The molecule has 2 rings (SSSR count). The van der Waals surface area contributed by atoms with Crippen molar-refractivity contribution in [1.29, 1.82) is 5.26 Å². The summed E-state index contributed by atoms with van der Waals surface area (Å²) in [5.41, 5.74) is 1.23. The van der Waals surface area contributed by atoms with E-state index in [2.05, 4.69) is 22.0 Å². The number of hydrogen-bond donors (Lipinski definition) is 1. The van der Waals surface area contributed by atoms with Crippen molar-refractivity contribution in [3.63, 3.8) is 0 Å². The van der Waals surface area contributed by atoms with E-state index in [4.69, 9.17) is 5.26 Å². The molecular formula is C13H13BrN2O2. The smallest absolute Gasteiger partial charge is 0.326 e. The summed E-state index contributed by atoms with van der Waals surface area (Å²) in [6, 6.07) is 6.98. The number of piperidine rings is 1. The first kappa shape index (κ1) is 12.9. The molecule has 1 aromatic carbocycles. The van der Waals surface area contributed by atoms with Crippen LogP contribution in [0, 0.1) is 11.3 Å². The second-order valence-corrected chi connectivity index (χ2v) is 5.23. The third kappa shape index (κ3) is 2.49. The number of anilines is 1. The lowest BCUT2D eigenvalue weighted by Gasteiger charge is -2.35. The first-order valence-corrected chi connectivity index (χ1v) is 6.62. The SMILES string of the molecule is N#Cc1cc(Br)ccc1N1CCCCC1C(=O)O. The zero-order valence-corrected chi connectivity index (χ0v) is 11.4. The van der Waals surface area contributed by atoms with Crippen molar-refractivity contribution in [3.8, 4) is 6.07 Å². The predicted octanol–water partition coefficient (Wildman–Crippen LogP) is 2.76. The van der Waals surface area contributed by atoms with Crippen LogP contribution in [0.1, 0.15) is 24.8 Å². The zero-order valence-electron chi connectivity index (χ0n) is 9.77. The monoisotopic (exact) mass is 308 g/mol. The van der Waals surface area contributed by atoms with E-state index in [-0.39, 0.29) is 0 Å². The number of halogens is 1. The van der Waals surface area contributed by atoms with E-state index < -0.39 is 12.0 Å². The van der Waals surface area contributed by atoms with Crippen LogP contribution in [0.4, 0.5) is 5.69 Å². The van der Waals surface area contributed by atoms with Gasteiger partial charge in [-0.2, -0.15) is 5.26 Å². The molecule has 1 aliphatic rings. The van der Waals surface area contributed by atoms with Gasteiger partial charge in [-0.25, -0.2) is 4.79 Å². The summed E-state index contributed by atoms with van der Waals surface area (Å²) < 4.78 is 0.826. The molecule has 0 aromatic heterocycles. The van der Waals surface area contributed by atoms with Crippen LogP contribution in [0.5, 0.6) is 0 Å². The molecule has 1 fully saturated rings. The molecule has 0 radical (unpaired) electrons. The van der Waals surface area contributed by atoms with Crippen molar-refractivity contribution in [2.24, 2.45) is 0 Å². The lowest BCUT2D eigenvalue weighted by atomic mass is 10.00.